The molecule has 0 aliphatic carbocycles. The van der Waals surface area contributed by atoms with Crippen LogP contribution in [0.5, 0.6) is 11.5 Å². The molecule has 198 valence electrons. The first-order valence-corrected chi connectivity index (χ1v) is 13.6. The largest absolute Gasteiger partial charge is 0.497 e. The molecule has 3 heterocycles. The van der Waals surface area contributed by atoms with E-state index in [0.717, 1.165) is 69.9 Å². The van der Waals surface area contributed by atoms with Gasteiger partial charge in [-0.05, 0) is 75.0 Å². The fourth-order valence-corrected chi connectivity index (χ4v) is 6.09. The number of nitrogens with one attached hydrogen (secondary N) is 1. The summed E-state index contributed by atoms with van der Waals surface area (Å²) >= 11 is 0. The number of methoxy groups -OCH3 is 1. The van der Waals surface area contributed by atoms with Gasteiger partial charge in [-0.15, -0.1) is 0 Å². The highest BCUT2D eigenvalue weighted by Gasteiger charge is 2.48. The van der Waals surface area contributed by atoms with Crippen molar-refractivity contribution in [3.63, 3.8) is 0 Å². The third kappa shape index (κ3) is 5.48. The molecule has 0 radical (unpaired) electrons. The lowest BCUT2D eigenvalue weighted by Gasteiger charge is -2.45. The minimum absolute atomic E-state index is 0.0590. The van der Waals surface area contributed by atoms with Crippen molar-refractivity contribution in [2.45, 2.75) is 44.6 Å². The minimum atomic E-state index is -0.0897. The molecule has 5 rings (SSSR count). The maximum Gasteiger partial charge on any atom is 0.305 e. The number of likely N-dealkylation sites (tertiary alicyclic amines) is 1. The topological polar surface area (TPSA) is 67.0 Å². The van der Waals surface area contributed by atoms with Crippen LogP contribution in [-0.2, 0) is 21.5 Å². The molecule has 37 heavy (non-hydrogen) atoms. The van der Waals surface area contributed by atoms with E-state index in [-0.39, 0.29) is 11.5 Å². The monoisotopic (exact) mass is 505 g/mol. The number of carbonyl (C=O) groups is 1. The van der Waals surface area contributed by atoms with E-state index in [1.54, 1.807) is 7.11 Å². The predicted octanol–water partition coefficient (Wildman–Crippen LogP) is 4.75. The minimum Gasteiger partial charge on any atom is -0.497 e. The first kappa shape index (κ1) is 25.6. The summed E-state index contributed by atoms with van der Waals surface area (Å²) < 4.78 is 16.7. The predicted molar refractivity (Wildman–Crippen MR) is 145 cm³/mol. The maximum atomic E-state index is 11.8. The van der Waals surface area contributed by atoms with Gasteiger partial charge in [0.1, 0.15) is 18.1 Å². The number of rotatable bonds is 11. The van der Waals surface area contributed by atoms with Gasteiger partial charge in [-0.2, -0.15) is 0 Å². The molecule has 0 bridgehead atoms. The molecule has 1 N–H and O–H groups in total. The molecule has 0 amide bonds. The fourth-order valence-electron chi connectivity index (χ4n) is 6.09. The number of nitrogens with zero attached hydrogens (tertiary/aromatic N) is 2. The summed E-state index contributed by atoms with van der Waals surface area (Å²) in [6, 6.07) is 16.4. The first-order chi connectivity index (χ1) is 18.1. The number of H-pyrrole nitrogens is 1. The zero-order valence-corrected chi connectivity index (χ0v) is 22.1. The zero-order chi connectivity index (χ0) is 25.7. The normalized spacial score (nSPS) is 19.8. The second-order valence-electron chi connectivity index (χ2n) is 10.1. The molecule has 1 atom stereocenters. The number of hydrogen-bond donors (Lipinski definition) is 1. The number of benzene rings is 2. The fraction of sp³-hybridized carbons (Fsp3) is 0.500. The third-order valence-electron chi connectivity index (χ3n) is 7.93. The first-order valence-electron chi connectivity index (χ1n) is 13.6. The van der Waals surface area contributed by atoms with Crippen LogP contribution in [0.25, 0.3) is 10.9 Å². The number of fused-ring (bicyclic) bond motifs is 4. The molecule has 3 aromatic rings. The van der Waals surface area contributed by atoms with Gasteiger partial charge in [0.05, 0.1) is 19.3 Å². The Morgan fingerprint density at radius 1 is 1.05 bits per heavy atom. The summed E-state index contributed by atoms with van der Waals surface area (Å²) in [5.41, 5.74) is 3.91. The van der Waals surface area contributed by atoms with Crippen LogP contribution >= 0.6 is 0 Å². The summed E-state index contributed by atoms with van der Waals surface area (Å²) in [4.78, 5) is 20.9. The van der Waals surface area contributed by atoms with Crippen molar-refractivity contribution in [1.82, 2.24) is 14.8 Å². The van der Waals surface area contributed by atoms with E-state index >= 15 is 0 Å². The number of unbranched alkanes of at least 4 members (excludes halogenated alkanes) is 1. The van der Waals surface area contributed by atoms with Gasteiger partial charge in [-0.1, -0.05) is 18.2 Å². The number of aromatic amines is 1. The lowest BCUT2D eigenvalue weighted by Crippen LogP contribution is -2.52. The van der Waals surface area contributed by atoms with Gasteiger partial charge in [-0.25, -0.2) is 0 Å². The summed E-state index contributed by atoms with van der Waals surface area (Å²) in [5.74, 6) is 1.73. The molecule has 1 fully saturated rings. The molecule has 7 nitrogen and oxygen atoms in total. The third-order valence-corrected chi connectivity index (χ3v) is 7.93. The van der Waals surface area contributed by atoms with Crippen LogP contribution in [0.3, 0.4) is 0 Å². The maximum absolute atomic E-state index is 11.8. The second-order valence-corrected chi connectivity index (χ2v) is 10.1. The number of para-hydroxylation sites is 1. The van der Waals surface area contributed by atoms with Gasteiger partial charge >= 0.3 is 5.97 Å². The molecule has 1 saturated heterocycles. The van der Waals surface area contributed by atoms with Gasteiger partial charge in [0.2, 0.25) is 0 Å². The van der Waals surface area contributed by atoms with Crippen LogP contribution in [0, 0.1) is 0 Å². The van der Waals surface area contributed by atoms with Crippen LogP contribution in [0.4, 0.5) is 0 Å². The number of aromatic nitrogens is 1. The summed E-state index contributed by atoms with van der Waals surface area (Å²) in [6.45, 7) is 7.89. The highest BCUT2D eigenvalue weighted by Crippen LogP contribution is 2.45. The Hall–Kier alpha value is -3.03. The molecule has 7 heteroatoms. The van der Waals surface area contributed by atoms with E-state index < -0.39 is 0 Å². The number of esters is 1. The molecule has 2 aromatic carbocycles. The smallest absolute Gasteiger partial charge is 0.305 e. The van der Waals surface area contributed by atoms with E-state index in [1.165, 1.54) is 22.2 Å². The Labute approximate surface area is 219 Å². The molecule has 1 spiro atoms. The molecule has 1 aromatic heterocycles. The second kappa shape index (κ2) is 11.6. The van der Waals surface area contributed by atoms with Crippen molar-refractivity contribution in [2.24, 2.45) is 0 Å². The van der Waals surface area contributed by atoms with E-state index in [0.29, 0.717) is 19.6 Å². The van der Waals surface area contributed by atoms with Crippen LogP contribution < -0.4 is 9.47 Å². The van der Waals surface area contributed by atoms with E-state index in [2.05, 4.69) is 26.9 Å². The zero-order valence-electron chi connectivity index (χ0n) is 22.1. The van der Waals surface area contributed by atoms with Crippen LogP contribution in [-0.4, -0.2) is 73.8 Å². The van der Waals surface area contributed by atoms with Gasteiger partial charge < -0.3 is 19.2 Å². The molecule has 2 aliphatic rings. The number of carbonyl (C=O) groups excluding carboxylic acids is 1. The van der Waals surface area contributed by atoms with Crippen molar-refractivity contribution in [1.29, 1.82) is 0 Å². The Kier molecular flexibility index (Phi) is 8.01. The van der Waals surface area contributed by atoms with Gasteiger partial charge in [0.15, 0.2) is 0 Å². The average molecular weight is 506 g/mol. The Morgan fingerprint density at radius 2 is 1.92 bits per heavy atom. The van der Waals surface area contributed by atoms with E-state index in [9.17, 15) is 4.79 Å². The van der Waals surface area contributed by atoms with Crippen LogP contribution in [0.2, 0.25) is 0 Å². The molecule has 2 aliphatic heterocycles. The number of hydrogen-bond acceptors (Lipinski definition) is 6. The van der Waals surface area contributed by atoms with Gasteiger partial charge in [0.25, 0.3) is 0 Å². The quantitative estimate of drug-likeness (QED) is 0.300. The molecule has 0 saturated carbocycles. The molecular formula is C30H39N3O4. The highest BCUT2D eigenvalue weighted by atomic mass is 16.5. The van der Waals surface area contributed by atoms with Crippen molar-refractivity contribution < 1.29 is 19.0 Å². The van der Waals surface area contributed by atoms with Crippen LogP contribution in [0.15, 0.2) is 48.5 Å². The Balaban J connectivity index is 1.33. The lowest BCUT2D eigenvalue weighted by atomic mass is 9.83. The Morgan fingerprint density at radius 3 is 2.73 bits per heavy atom. The van der Waals surface area contributed by atoms with Crippen LogP contribution in [0.1, 0.15) is 43.9 Å². The van der Waals surface area contributed by atoms with Gasteiger partial charge in [0, 0.05) is 49.2 Å². The van der Waals surface area contributed by atoms with E-state index in [4.69, 9.17) is 14.2 Å². The van der Waals surface area contributed by atoms with Crippen molar-refractivity contribution in [2.75, 3.05) is 53.0 Å². The summed E-state index contributed by atoms with van der Waals surface area (Å²) in [5, 5.41) is 1.28. The SMILES string of the molecule is CCOC(=O)CCCCN1CCc2c([nH]c3ccc(OC)cc23)C12CCN(CCOc1ccccc1)C2. The van der Waals surface area contributed by atoms with Gasteiger partial charge in [-0.3, -0.25) is 14.6 Å². The van der Waals surface area contributed by atoms with E-state index in [1.807, 2.05) is 43.3 Å². The van der Waals surface area contributed by atoms with Crippen molar-refractivity contribution in [3.8, 4) is 11.5 Å². The summed E-state index contributed by atoms with van der Waals surface area (Å²) in [6.07, 6.45) is 4.43. The highest BCUT2D eigenvalue weighted by molar-refractivity contribution is 5.87. The van der Waals surface area contributed by atoms with Crippen molar-refractivity contribution in [3.05, 3.63) is 59.8 Å². The molecule has 1 unspecified atom stereocenters. The average Bonchev–Trinajstić information content (AvgIpc) is 3.51. The lowest BCUT2D eigenvalue weighted by molar-refractivity contribution is -0.143. The standard InChI is InChI=1S/C30H39N3O4/c1-3-36-28(34)11-7-8-16-33-17-14-25-26-21-24(35-2)12-13-27(26)31-29(25)30(33)15-18-32(22-30)19-20-37-23-9-5-4-6-10-23/h4-6,9-10,12-13,21,31H,3,7-8,11,14-20,22H2,1-2H3. The summed E-state index contributed by atoms with van der Waals surface area (Å²) in [7, 11) is 1.73. The van der Waals surface area contributed by atoms with Crippen molar-refractivity contribution >= 4 is 16.9 Å². The molecular weight excluding hydrogens is 466 g/mol. The number of ether oxygens (including phenoxy) is 3. The Bertz CT molecular complexity index is 1190.